The lowest BCUT2D eigenvalue weighted by atomic mass is 9.75. The second-order valence-electron chi connectivity index (χ2n) is 8.07. The molecular weight excluding hydrogens is 437 g/mol. The first-order valence-electron chi connectivity index (χ1n) is 10.3. The summed E-state index contributed by atoms with van der Waals surface area (Å²) in [6.07, 6.45) is -4.28. The normalized spacial score (nSPS) is 20.7. The maximum Gasteiger partial charge on any atom is 0.416 e. The summed E-state index contributed by atoms with van der Waals surface area (Å²) >= 11 is 0. The third-order valence-electron chi connectivity index (χ3n) is 5.90. The fourth-order valence-corrected chi connectivity index (χ4v) is 4.30. The minimum atomic E-state index is -4.56. The fourth-order valence-electron chi connectivity index (χ4n) is 4.30. The number of ether oxygens (including phenoxy) is 1. The Morgan fingerprint density at radius 1 is 1.06 bits per heavy atom. The summed E-state index contributed by atoms with van der Waals surface area (Å²) in [7, 11) is 1.55. The Balaban J connectivity index is 1.58. The summed E-state index contributed by atoms with van der Waals surface area (Å²) in [5, 5.41) is 5.15. The zero-order chi connectivity index (χ0) is 23.8. The van der Waals surface area contributed by atoms with Gasteiger partial charge in [-0.2, -0.15) is 13.2 Å². The molecule has 4 rings (SSSR count). The molecule has 9 heteroatoms. The maximum atomic E-state index is 13.0. The van der Waals surface area contributed by atoms with Crippen molar-refractivity contribution in [3.63, 3.8) is 0 Å². The third kappa shape index (κ3) is 4.76. The average Bonchev–Trinajstić information content (AvgIpc) is 2.77. The van der Waals surface area contributed by atoms with E-state index in [1.165, 1.54) is 12.1 Å². The fraction of sp³-hybridized carbons (Fsp3) is 0.292. The van der Waals surface area contributed by atoms with Gasteiger partial charge in [-0.25, -0.2) is 0 Å². The molecule has 0 saturated heterocycles. The van der Waals surface area contributed by atoms with Gasteiger partial charge in [0, 0.05) is 29.8 Å². The number of methoxy groups -OCH3 is 1. The Hall–Kier alpha value is -3.62. The van der Waals surface area contributed by atoms with E-state index < -0.39 is 29.5 Å². The maximum absolute atomic E-state index is 13.0. The van der Waals surface area contributed by atoms with Gasteiger partial charge in [0.1, 0.15) is 5.75 Å². The van der Waals surface area contributed by atoms with Crippen LogP contribution in [0.25, 0.3) is 0 Å². The Morgan fingerprint density at radius 2 is 1.79 bits per heavy atom. The Bertz CT molecular complexity index is 1140. The van der Waals surface area contributed by atoms with E-state index in [0.717, 1.165) is 17.7 Å². The van der Waals surface area contributed by atoms with Gasteiger partial charge < -0.3 is 15.4 Å². The van der Waals surface area contributed by atoms with Gasteiger partial charge >= 0.3 is 6.18 Å². The van der Waals surface area contributed by atoms with Gasteiger partial charge in [-0.1, -0.05) is 18.2 Å². The van der Waals surface area contributed by atoms with Gasteiger partial charge in [0.15, 0.2) is 5.78 Å². The van der Waals surface area contributed by atoms with E-state index in [2.05, 4.69) is 10.6 Å². The molecule has 0 spiro atoms. The minimum Gasteiger partial charge on any atom is -0.497 e. The van der Waals surface area contributed by atoms with Crippen molar-refractivity contribution in [2.75, 3.05) is 12.4 Å². The number of nitrogens with one attached hydrogen (secondary N) is 2. The third-order valence-corrected chi connectivity index (χ3v) is 5.90. The van der Waals surface area contributed by atoms with Crippen molar-refractivity contribution in [2.24, 2.45) is 5.92 Å². The number of hydrogen-bond acceptors (Lipinski definition) is 4. The predicted molar refractivity (Wildman–Crippen MR) is 113 cm³/mol. The molecule has 0 bridgehead atoms. The highest BCUT2D eigenvalue weighted by Gasteiger charge is 2.41. The number of carbonyl (C=O) groups is 3. The summed E-state index contributed by atoms with van der Waals surface area (Å²) in [5.74, 6) is -1.92. The standard InChI is InChI=1S/C24H21F3N2O4/c1-33-17-7-5-13(6-8-17)14-9-19-22(20(30)10-14)18(12-21(31)29-19)23(32)28-16-4-2-3-15(11-16)24(25,26)27/h2-8,11,14,18H,9-10,12H2,1H3,(H,28,32)(H,29,31). The van der Waals surface area contributed by atoms with Crippen LogP contribution in [0.4, 0.5) is 18.9 Å². The van der Waals surface area contributed by atoms with E-state index in [0.29, 0.717) is 17.9 Å². The van der Waals surface area contributed by atoms with Crippen LogP contribution in [0, 0.1) is 5.92 Å². The largest absolute Gasteiger partial charge is 0.497 e. The molecule has 1 aliphatic heterocycles. The van der Waals surface area contributed by atoms with Crippen LogP contribution >= 0.6 is 0 Å². The molecule has 2 aromatic rings. The van der Waals surface area contributed by atoms with Gasteiger partial charge in [-0.15, -0.1) is 0 Å². The van der Waals surface area contributed by atoms with E-state index in [1.54, 1.807) is 19.2 Å². The molecule has 2 atom stereocenters. The number of Topliss-reactive ketones (excluding diaryl/α,β-unsaturated/α-hetero) is 1. The number of amides is 2. The lowest BCUT2D eigenvalue weighted by molar-refractivity contribution is -0.137. The lowest BCUT2D eigenvalue weighted by Gasteiger charge is -2.33. The van der Waals surface area contributed by atoms with Gasteiger partial charge in [-0.05, 0) is 48.2 Å². The van der Waals surface area contributed by atoms with Crippen LogP contribution in [0.3, 0.4) is 0 Å². The molecule has 0 saturated carbocycles. The van der Waals surface area contributed by atoms with Crippen LogP contribution in [0.15, 0.2) is 59.8 Å². The van der Waals surface area contributed by atoms with Crippen LogP contribution in [0.1, 0.15) is 36.3 Å². The first kappa shape index (κ1) is 22.6. The summed E-state index contributed by atoms with van der Waals surface area (Å²) in [6, 6.07) is 11.5. The summed E-state index contributed by atoms with van der Waals surface area (Å²) in [6.45, 7) is 0. The average molecular weight is 458 g/mol. The Morgan fingerprint density at radius 3 is 2.45 bits per heavy atom. The predicted octanol–water partition coefficient (Wildman–Crippen LogP) is 4.19. The van der Waals surface area contributed by atoms with Gasteiger partial charge in [0.05, 0.1) is 18.6 Å². The molecule has 2 amide bonds. The van der Waals surface area contributed by atoms with Crippen LogP contribution in [-0.2, 0) is 20.6 Å². The molecule has 0 fully saturated rings. The number of rotatable bonds is 4. The smallest absolute Gasteiger partial charge is 0.416 e. The van der Waals surface area contributed by atoms with E-state index in [1.807, 2.05) is 12.1 Å². The van der Waals surface area contributed by atoms with Crippen molar-refractivity contribution >= 4 is 23.3 Å². The van der Waals surface area contributed by atoms with E-state index in [4.69, 9.17) is 4.74 Å². The molecule has 1 heterocycles. The molecular formula is C24H21F3N2O4. The molecule has 2 aromatic carbocycles. The molecule has 2 N–H and O–H groups in total. The number of hydrogen-bond donors (Lipinski definition) is 2. The van der Waals surface area contributed by atoms with Crippen LogP contribution in [-0.4, -0.2) is 24.7 Å². The first-order chi connectivity index (χ1) is 15.7. The van der Waals surface area contributed by atoms with Crippen LogP contribution in [0.2, 0.25) is 0 Å². The van der Waals surface area contributed by atoms with Gasteiger partial charge in [-0.3, -0.25) is 14.4 Å². The Labute approximate surface area is 187 Å². The number of ketones is 1. The van der Waals surface area contributed by atoms with Crippen molar-refractivity contribution < 1.29 is 32.3 Å². The summed E-state index contributed by atoms with van der Waals surface area (Å²) < 4.78 is 44.1. The first-order valence-corrected chi connectivity index (χ1v) is 10.3. The zero-order valence-corrected chi connectivity index (χ0v) is 17.7. The SMILES string of the molecule is COc1ccc(C2CC(=O)C3=C(C2)NC(=O)CC3C(=O)Nc2cccc(C(F)(F)F)c2)cc1. The van der Waals surface area contributed by atoms with E-state index in [9.17, 15) is 27.6 Å². The highest BCUT2D eigenvalue weighted by molar-refractivity contribution is 6.09. The molecule has 2 aliphatic rings. The van der Waals surface area contributed by atoms with Crippen LogP contribution < -0.4 is 15.4 Å². The topological polar surface area (TPSA) is 84.5 Å². The van der Waals surface area contributed by atoms with E-state index >= 15 is 0 Å². The monoisotopic (exact) mass is 458 g/mol. The van der Waals surface area contributed by atoms with Crippen LogP contribution in [0.5, 0.6) is 5.75 Å². The lowest BCUT2D eigenvalue weighted by Crippen LogP contribution is -2.43. The number of allylic oxidation sites excluding steroid dienone is 1. The van der Waals surface area contributed by atoms with Crippen molar-refractivity contribution in [3.05, 3.63) is 70.9 Å². The van der Waals surface area contributed by atoms with Gasteiger partial charge in [0.2, 0.25) is 11.8 Å². The zero-order valence-electron chi connectivity index (χ0n) is 17.7. The molecule has 172 valence electrons. The van der Waals surface area contributed by atoms with Crippen molar-refractivity contribution in [2.45, 2.75) is 31.4 Å². The molecule has 1 aliphatic carbocycles. The quantitative estimate of drug-likeness (QED) is 0.720. The second kappa shape index (κ2) is 8.73. The highest BCUT2D eigenvalue weighted by atomic mass is 19.4. The molecule has 33 heavy (non-hydrogen) atoms. The van der Waals surface area contributed by atoms with Gasteiger partial charge in [0.25, 0.3) is 0 Å². The highest BCUT2D eigenvalue weighted by Crippen LogP contribution is 2.39. The number of carbonyl (C=O) groups excluding carboxylic acids is 3. The molecule has 0 radical (unpaired) electrons. The number of alkyl halides is 3. The second-order valence-corrected chi connectivity index (χ2v) is 8.07. The van der Waals surface area contributed by atoms with Crippen molar-refractivity contribution in [1.82, 2.24) is 5.32 Å². The number of benzene rings is 2. The van der Waals surface area contributed by atoms with Crippen molar-refractivity contribution in [1.29, 1.82) is 0 Å². The minimum absolute atomic E-state index is 0.0534. The molecule has 0 aromatic heterocycles. The number of halogens is 3. The van der Waals surface area contributed by atoms with E-state index in [-0.39, 0.29) is 35.8 Å². The summed E-state index contributed by atoms with van der Waals surface area (Å²) in [5.41, 5.74) is 0.567. The summed E-state index contributed by atoms with van der Waals surface area (Å²) in [4.78, 5) is 38.3. The molecule has 6 nitrogen and oxygen atoms in total. The molecule has 2 unspecified atom stereocenters. The number of anilines is 1. The van der Waals surface area contributed by atoms with Crippen molar-refractivity contribution in [3.8, 4) is 5.75 Å². The Kier molecular flexibility index (Phi) is 5.97.